The molecule has 0 bridgehead atoms. The zero-order valence-electron chi connectivity index (χ0n) is 12.5. The number of hydrogen-bond acceptors (Lipinski definition) is 6. The van der Waals surface area contributed by atoms with Gasteiger partial charge in [0.05, 0.1) is 17.3 Å². The Morgan fingerprint density at radius 1 is 1.23 bits per heavy atom. The Bertz CT molecular complexity index is 625. The van der Waals surface area contributed by atoms with E-state index in [4.69, 9.17) is 5.11 Å². The maximum absolute atomic E-state index is 12.3. The molecule has 1 N–H and O–H groups in total. The van der Waals surface area contributed by atoms with Crippen LogP contribution in [0.3, 0.4) is 0 Å². The highest BCUT2D eigenvalue weighted by atomic mass is 32.2. The summed E-state index contributed by atoms with van der Waals surface area (Å²) in [5.74, 6) is -0.195. The van der Waals surface area contributed by atoms with E-state index in [1.165, 1.54) is 31.2 Å². The average molecular weight is 345 g/mol. The van der Waals surface area contributed by atoms with E-state index in [9.17, 15) is 18.0 Å². The summed E-state index contributed by atoms with van der Waals surface area (Å²) in [5, 5.41) is 8.77. The van der Waals surface area contributed by atoms with Crippen LogP contribution in [-0.4, -0.2) is 54.2 Å². The van der Waals surface area contributed by atoms with Crippen LogP contribution in [0.1, 0.15) is 24.2 Å². The molecule has 22 heavy (non-hydrogen) atoms. The maximum Gasteiger partial charge on any atom is 0.243 e. The van der Waals surface area contributed by atoms with Crippen molar-refractivity contribution in [3.8, 4) is 0 Å². The standard InChI is InChI=1S/C14H19NO5S2/c1-3-15(8-9-16)22(19,20)13-6-4-12(5-7-13)14(18)10-21-11(2)17/h4-7,16H,3,8-10H2,1-2H3. The second-order valence-corrected chi connectivity index (χ2v) is 7.54. The van der Waals surface area contributed by atoms with Gasteiger partial charge < -0.3 is 5.11 Å². The summed E-state index contributed by atoms with van der Waals surface area (Å²) in [6, 6.07) is 5.59. The second-order valence-electron chi connectivity index (χ2n) is 4.45. The zero-order valence-corrected chi connectivity index (χ0v) is 14.1. The van der Waals surface area contributed by atoms with Gasteiger partial charge in [0.15, 0.2) is 10.9 Å². The number of rotatable bonds is 8. The lowest BCUT2D eigenvalue weighted by Crippen LogP contribution is -2.33. The summed E-state index contributed by atoms with van der Waals surface area (Å²) in [5.41, 5.74) is 0.359. The molecule has 0 aliphatic rings. The molecular formula is C14H19NO5S2. The summed E-state index contributed by atoms with van der Waals surface area (Å²) in [6.45, 7) is 3.08. The summed E-state index contributed by atoms with van der Waals surface area (Å²) in [7, 11) is -3.68. The number of likely N-dealkylation sites (N-methyl/N-ethyl adjacent to an activating group) is 1. The molecule has 8 heteroatoms. The number of benzene rings is 1. The summed E-state index contributed by atoms with van der Waals surface area (Å²) < 4.78 is 25.8. The van der Waals surface area contributed by atoms with Crippen LogP contribution in [-0.2, 0) is 14.8 Å². The van der Waals surface area contributed by atoms with Crippen LogP contribution in [0.15, 0.2) is 29.2 Å². The molecule has 0 aliphatic heterocycles. The van der Waals surface area contributed by atoms with Crippen LogP contribution >= 0.6 is 11.8 Å². The topological polar surface area (TPSA) is 91.8 Å². The number of hydrogen-bond donors (Lipinski definition) is 1. The van der Waals surface area contributed by atoms with Gasteiger partial charge in [0.1, 0.15) is 0 Å². The Morgan fingerprint density at radius 2 is 1.82 bits per heavy atom. The molecule has 0 aliphatic carbocycles. The first kappa shape index (κ1) is 18.8. The molecular weight excluding hydrogens is 326 g/mol. The SMILES string of the molecule is CCN(CCO)S(=O)(=O)c1ccc(C(=O)CSC(C)=O)cc1. The smallest absolute Gasteiger partial charge is 0.243 e. The molecule has 0 fully saturated rings. The van der Waals surface area contributed by atoms with Crippen molar-refractivity contribution in [3.63, 3.8) is 0 Å². The zero-order chi connectivity index (χ0) is 16.8. The van der Waals surface area contributed by atoms with Gasteiger partial charge in [0.25, 0.3) is 0 Å². The third kappa shape index (κ3) is 4.91. The van der Waals surface area contributed by atoms with Crippen LogP contribution in [0.25, 0.3) is 0 Å². The van der Waals surface area contributed by atoms with Crippen molar-refractivity contribution in [2.75, 3.05) is 25.4 Å². The summed E-state index contributed by atoms with van der Waals surface area (Å²) in [6.07, 6.45) is 0. The Morgan fingerprint density at radius 3 is 2.27 bits per heavy atom. The minimum absolute atomic E-state index is 0.0226. The number of aliphatic hydroxyl groups is 1. The van der Waals surface area contributed by atoms with Crippen LogP contribution < -0.4 is 0 Å². The molecule has 0 spiro atoms. The molecule has 0 radical (unpaired) electrons. The monoisotopic (exact) mass is 345 g/mol. The van der Waals surface area contributed by atoms with Gasteiger partial charge in [-0.1, -0.05) is 30.8 Å². The number of carbonyl (C=O) groups excluding carboxylic acids is 2. The third-order valence-electron chi connectivity index (χ3n) is 2.92. The van der Waals surface area contributed by atoms with Crippen molar-refractivity contribution in [3.05, 3.63) is 29.8 Å². The van der Waals surface area contributed by atoms with E-state index < -0.39 is 10.0 Å². The lowest BCUT2D eigenvalue weighted by Gasteiger charge is -2.19. The molecule has 0 amide bonds. The second kappa shape index (κ2) is 8.42. The van der Waals surface area contributed by atoms with Crippen molar-refractivity contribution in [1.29, 1.82) is 0 Å². The fourth-order valence-electron chi connectivity index (χ4n) is 1.77. The van der Waals surface area contributed by atoms with Gasteiger partial charge in [-0.3, -0.25) is 9.59 Å². The van der Waals surface area contributed by atoms with Crippen molar-refractivity contribution < 1.29 is 23.1 Å². The van der Waals surface area contributed by atoms with Crippen molar-refractivity contribution in [2.45, 2.75) is 18.7 Å². The number of sulfonamides is 1. The number of ketones is 1. The molecule has 0 saturated heterocycles. The first-order valence-electron chi connectivity index (χ1n) is 6.70. The molecule has 1 aromatic rings. The summed E-state index contributed by atoms with van der Waals surface area (Å²) in [4.78, 5) is 22.7. The van der Waals surface area contributed by atoms with E-state index in [0.717, 1.165) is 16.1 Å². The molecule has 0 aromatic heterocycles. The summed E-state index contributed by atoms with van der Waals surface area (Å²) >= 11 is 0.916. The van der Waals surface area contributed by atoms with Gasteiger partial charge in [-0.2, -0.15) is 4.31 Å². The number of thioether (sulfide) groups is 1. The Balaban J connectivity index is 2.92. The van der Waals surface area contributed by atoms with Crippen molar-refractivity contribution >= 4 is 32.7 Å². The van der Waals surface area contributed by atoms with E-state index in [2.05, 4.69) is 0 Å². The fourth-order valence-corrected chi connectivity index (χ4v) is 3.71. The van der Waals surface area contributed by atoms with Crippen LogP contribution in [0.4, 0.5) is 0 Å². The van der Waals surface area contributed by atoms with Crippen LogP contribution in [0.2, 0.25) is 0 Å². The van der Waals surface area contributed by atoms with Gasteiger partial charge in [0.2, 0.25) is 10.0 Å². The minimum Gasteiger partial charge on any atom is -0.395 e. The highest BCUT2D eigenvalue weighted by molar-refractivity contribution is 8.14. The van der Waals surface area contributed by atoms with Gasteiger partial charge >= 0.3 is 0 Å². The quantitative estimate of drug-likeness (QED) is 0.711. The first-order valence-corrected chi connectivity index (χ1v) is 9.13. The van der Waals surface area contributed by atoms with Crippen LogP contribution in [0, 0.1) is 0 Å². The van der Waals surface area contributed by atoms with Crippen molar-refractivity contribution in [1.82, 2.24) is 4.31 Å². The molecule has 1 rings (SSSR count). The van der Waals surface area contributed by atoms with E-state index >= 15 is 0 Å². The Labute approximate surface area is 134 Å². The fraction of sp³-hybridized carbons (Fsp3) is 0.429. The van der Waals surface area contributed by atoms with Crippen molar-refractivity contribution in [2.24, 2.45) is 0 Å². The lowest BCUT2D eigenvalue weighted by atomic mass is 10.1. The molecule has 1 aromatic carbocycles. The van der Waals surface area contributed by atoms with E-state index in [0.29, 0.717) is 5.56 Å². The van der Waals surface area contributed by atoms with Gasteiger partial charge in [-0.05, 0) is 12.1 Å². The highest BCUT2D eigenvalue weighted by Gasteiger charge is 2.22. The number of Topliss-reactive ketones (excluding diaryl/α,β-unsaturated/α-hetero) is 1. The van der Waals surface area contributed by atoms with Gasteiger partial charge in [-0.25, -0.2) is 8.42 Å². The third-order valence-corrected chi connectivity index (χ3v) is 5.72. The van der Waals surface area contributed by atoms with Gasteiger partial charge in [-0.15, -0.1) is 0 Å². The first-order chi connectivity index (χ1) is 10.3. The average Bonchev–Trinajstić information content (AvgIpc) is 2.50. The van der Waals surface area contributed by atoms with Gasteiger partial charge in [0, 0.05) is 25.6 Å². The predicted molar refractivity (Wildman–Crippen MR) is 85.4 cm³/mol. The molecule has 6 nitrogen and oxygen atoms in total. The molecule has 122 valence electrons. The maximum atomic E-state index is 12.3. The number of aliphatic hydroxyl groups excluding tert-OH is 1. The largest absolute Gasteiger partial charge is 0.395 e. The lowest BCUT2D eigenvalue weighted by molar-refractivity contribution is -0.109. The highest BCUT2D eigenvalue weighted by Crippen LogP contribution is 2.17. The molecule has 0 atom stereocenters. The normalized spacial score (nSPS) is 11.6. The van der Waals surface area contributed by atoms with Crippen LogP contribution in [0.5, 0.6) is 0 Å². The molecule has 0 unspecified atom stereocenters. The molecule has 0 heterocycles. The van der Waals surface area contributed by atoms with E-state index in [-0.39, 0.29) is 41.2 Å². The van der Waals surface area contributed by atoms with E-state index in [1.54, 1.807) is 6.92 Å². The Hall–Kier alpha value is -1.22. The number of nitrogens with zero attached hydrogens (tertiary/aromatic N) is 1. The van der Waals surface area contributed by atoms with E-state index in [1.807, 2.05) is 0 Å². The minimum atomic E-state index is -3.68. The Kier molecular flexibility index (Phi) is 7.21. The number of carbonyl (C=O) groups is 2. The molecule has 0 saturated carbocycles. The predicted octanol–water partition coefficient (Wildman–Crippen LogP) is 1.15.